The van der Waals surface area contributed by atoms with E-state index >= 15 is 0 Å². The van der Waals surface area contributed by atoms with E-state index in [1.54, 1.807) is 0 Å². The quantitative estimate of drug-likeness (QED) is 0.871. The van der Waals surface area contributed by atoms with E-state index in [1.165, 1.54) is 32.1 Å². The summed E-state index contributed by atoms with van der Waals surface area (Å²) in [4.78, 5) is 0. The van der Waals surface area contributed by atoms with Crippen LogP contribution in [-0.2, 0) is 11.8 Å². The summed E-state index contributed by atoms with van der Waals surface area (Å²) in [5.41, 5.74) is 0.180. The van der Waals surface area contributed by atoms with Crippen LogP contribution in [0.15, 0.2) is 4.42 Å². The molecule has 17 heavy (non-hydrogen) atoms. The molecular weight excluding hydrogens is 214 g/mol. The zero-order valence-corrected chi connectivity index (χ0v) is 10.5. The Kier molecular flexibility index (Phi) is 2.90. The van der Waals surface area contributed by atoms with E-state index in [0.29, 0.717) is 0 Å². The predicted molar refractivity (Wildman–Crippen MR) is 64.8 cm³/mol. The predicted octanol–water partition coefficient (Wildman–Crippen LogP) is 2.05. The Hall–Kier alpha value is -0.900. The number of hydrogen-bond donors (Lipinski definition) is 1. The lowest BCUT2D eigenvalue weighted by molar-refractivity contribution is 0.207. The van der Waals surface area contributed by atoms with Crippen molar-refractivity contribution in [2.24, 2.45) is 5.92 Å². The standard InChI is InChI=1S/C13H21N3O/c1-13(5-2-6-13)12-16-15-11(17-12)9-10-3-7-14-8-4-10/h10,14H,2-9H2,1H3. The lowest BCUT2D eigenvalue weighted by atomic mass is 9.70. The number of nitrogens with zero attached hydrogens (tertiary/aromatic N) is 2. The van der Waals surface area contributed by atoms with Crippen LogP contribution in [0.3, 0.4) is 0 Å². The summed E-state index contributed by atoms with van der Waals surface area (Å²) in [7, 11) is 0. The fraction of sp³-hybridized carbons (Fsp3) is 0.846. The molecule has 4 nitrogen and oxygen atoms in total. The van der Waals surface area contributed by atoms with Crippen molar-refractivity contribution in [3.8, 4) is 0 Å². The van der Waals surface area contributed by atoms with Gasteiger partial charge in [-0.05, 0) is 44.7 Å². The van der Waals surface area contributed by atoms with Gasteiger partial charge in [0, 0.05) is 11.8 Å². The molecule has 0 atom stereocenters. The Bertz CT molecular complexity index is 378. The molecule has 1 saturated carbocycles. The van der Waals surface area contributed by atoms with Gasteiger partial charge in [0.25, 0.3) is 0 Å². The van der Waals surface area contributed by atoms with Gasteiger partial charge in [0.1, 0.15) is 0 Å². The first-order chi connectivity index (χ1) is 8.26. The first-order valence-electron chi connectivity index (χ1n) is 6.80. The van der Waals surface area contributed by atoms with Crippen LogP contribution in [0.4, 0.5) is 0 Å². The van der Waals surface area contributed by atoms with Crippen molar-refractivity contribution in [2.45, 2.75) is 50.9 Å². The van der Waals surface area contributed by atoms with Crippen LogP contribution in [0.25, 0.3) is 0 Å². The molecule has 94 valence electrons. The number of piperidine rings is 1. The van der Waals surface area contributed by atoms with E-state index in [4.69, 9.17) is 4.42 Å². The van der Waals surface area contributed by atoms with Crippen molar-refractivity contribution >= 4 is 0 Å². The van der Waals surface area contributed by atoms with Crippen LogP contribution in [-0.4, -0.2) is 23.3 Å². The lowest BCUT2D eigenvalue weighted by Gasteiger charge is -2.34. The van der Waals surface area contributed by atoms with Crippen LogP contribution < -0.4 is 5.32 Å². The zero-order valence-electron chi connectivity index (χ0n) is 10.5. The van der Waals surface area contributed by atoms with Crippen molar-refractivity contribution in [1.82, 2.24) is 15.5 Å². The Balaban J connectivity index is 1.63. The molecule has 0 aromatic carbocycles. The smallest absolute Gasteiger partial charge is 0.222 e. The van der Waals surface area contributed by atoms with Gasteiger partial charge in [-0.15, -0.1) is 10.2 Å². The van der Waals surface area contributed by atoms with E-state index in [-0.39, 0.29) is 5.41 Å². The molecule has 1 aliphatic carbocycles. The molecule has 2 heterocycles. The topological polar surface area (TPSA) is 51.0 Å². The van der Waals surface area contributed by atoms with Crippen molar-refractivity contribution in [3.05, 3.63) is 11.8 Å². The summed E-state index contributed by atoms with van der Waals surface area (Å²) < 4.78 is 5.85. The average molecular weight is 235 g/mol. The Morgan fingerprint density at radius 3 is 2.71 bits per heavy atom. The number of aromatic nitrogens is 2. The van der Waals surface area contributed by atoms with Crippen molar-refractivity contribution < 1.29 is 4.42 Å². The maximum Gasteiger partial charge on any atom is 0.222 e. The van der Waals surface area contributed by atoms with Gasteiger partial charge in [0.2, 0.25) is 11.8 Å². The largest absolute Gasteiger partial charge is 0.425 e. The summed E-state index contributed by atoms with van der Waals surface area (Å²) in [5.74, 6) is 2.44. The van der Waals surface area contributed by atoms with Gasteiger partial charge in [-0.3, -0.25) is 0 Å². The Labute approximate surface area is 102 Å². The van der Waals surface area contributed by atoms with Gasteiger partial charge >= 0.3 is 0 Å². The average Bonchev–Trinajstić information content (AvgIpc) is 2.76. The van der Waals surface area contributed by atoms with Crippen molar-refractivity contribution in [2.75, 3.05) is 13.1 Å². The van der Waals surface area contributed by atoms with E-state index in [9.17, 15) is 0 Å². The van der Waals surface area contributed by atoms with Crippen molar-refractivity contribution in [3.63, 3.8) is 0 Å². The number of hydrogen-bond acceptors (Lipinski definition) is 4. The van der Waals surface area contributed by atoms with Gasteiger partial charge in [0.05, 0.1) is 0 Å². The Morgan fingerprint density at radius 2 is 2.06 bits per heavy atom. The SMILES string of the molecule is CC1(c2nnc(CC3CCNCC3)o2)CCC1. The van der Waals surface area contributed by atoms with Crippen molar-refractivity contribution in [1.29, 1.82) is 0 Å². The highest BCUT2D eigenvalue weighted by molar-refractivity contribution is 5.07. The van der Waals surface area contributed by atoms with Gasteiger partial charge < -0.3 is 9.73 Å². The molecule has 1 aromatic heterocycles. The summed E-state index contributed by atoms with van der Waals surface area (Å²) in [6, 6.07) is 0. The maximum absolute atomic E-state index is 5.85. The fourth-order valence-electron chi connectivity index (χ4n) is 2.83. The molecule has 1 aliphatic heterocycles. The third-order valence-electron chi connectivity index (χ3n) is 4.36. The molecule has 1 aromatic rings. The lowest BCUT2D eigenvalue weighted by Crippen LogP contribution is -2.30. The van der Waals surface area contributed by atoms with Crippen LogP contribution >= 0.6 is 0 Å². The Morgan fingerprint density at radius 1 is 1.29 bits per heavy atom. The van der Waals surface area contributed by atoms with Gasteiger partial charge in [-0.25, -0.2) is 0 Å². The molecule has 2 aliphatic rings. The van der Waals surface area contributed by atoms with Gasteiger partial charge in [-0.2, -0.15) is 0 Å². The van der Waals surface area contributed by atoms with Gasteiger partial charge in [-0.1, -0.05) is 13.3 Å². The third kappa shape index (κ3) is 2.23. The summed E-state index contributed by atoms with van der Waals surface area (Å²) >= 11 is 0. The highest BCUT2D eigenvalue weighted by Gasteiger charge is 2.38. The molecule has 0 bridgehead atoms. The second-order valence-electron chi connectivity index (χ2n) is 5.81. The molecule has 3 rings (SSSR count). The monoisotopic (exact) mass is 235 g/mol. The first-order valence-corrected chi connectivity index (χ1v) is 6.80. The van der Waals surface area contributed by atoms with Crippen LogP contribution in [0.1, 0.15) is 50.8 Å². The molecule has 0 amide bonds. The minimum absolute atomic E-state index is 0.180. The van der Waals surface area contributed by atoms with E-state index < -0.39 is 0 Å². The third-order valence-corrected chi connectivity index (χ3v) is 4.36. The molecule has 0 unspecified atom stereocenters. The van der Waals surface area contributed by atoms with E-state index in [2.05, 4.69) is 22.4 Å². The molecule has 1 saturated heterocycles. The van der Waals surface area contributed by atoms with Crippen LogP contribution in [0.5, 0.6) is 0 Å². The fourth-order valence-corrected chi connectivity index (χ4v) is 2.83. The zero-order chi connectivity index (χ0) is 11.7. The summed E-state index contributed by atoms with van der Waals surface area (Å²) in [6.45, 7) is 4.49. The molecule has 2 fully saturated rings. The van der Waals surface area contributed by atoms with Crippen LogP contribution in [0.2, 0.25) is 0 Å². The molecule has 0 spiro atoms. The second kappa shape index (κ2) is 4.41. The van der Waals surface area contributed by atoms with Gasteiger partial charge in [0.15, 0.2) is 0 Å². The molecular formula is C13H21N3O. The maximum atomic E-state index is 5.85. The van der Waals surface area contributed by atoms with E-state index in [1.807, 2.05) is 0 Å². The molecule has 1 N–H and O–H groups in total. The number of nitrogens with one attached hydrogen (secondary N) is 1. The van der Waals surface area contributed by atoms with Crippen LogP contribution in [0, 0.1) is 5.92 Å². The second-order valence-corrected chi connectivity index (χ2v) is 5.81. The number of rotatable bonds is 3. The minimum Gasteiger partial charge on any atom is -0.425 e. The summed E-state index contributed by atoms with van der Waals surface area (Å²) in [6.07, 6.45) is 7.11. The highest BCUT2D eigenvalue weighted by Crippen LogP contribution is 2.42. The normalized spacial score (nSPS) is 24.5. The van der Waals surface area contributed by atoms with E-state index in [0.717, 1.165) is 37.2 Å². The summed E-state index contributed by atoms with van der Waals surface area (Å²) in [5, 5.41) is 11.8. The highest BCUT2D eigenvalue weighted by atomic mass is 16.4. The minimum atomic E-state index is 0.180. The molecule has 4 heteroatoms. The molecule has 0 radical (unpaired) electrons. The first kappa shape index (κ1) is 11.2.